The molecule has 0 bridgehead atoms. The number of piperidine rings is 1. The molecule has 0 N–H and O–H groups in total. The average Bonchev–Trinajstić information content (AvgIpc) is 2.75. The highest BCUT2D eigenvalue weighted by Crippen LogP contribution is 2.30. The van der Waals surface area contributed by atoms with E-state index in [1.165, 1.54) is 24.4 Å². The number of halogens is 1. The summed E-state index contributed by atoms with van der Waals surface area (Å²) in [6.07, 6.45) is 4.24. The summed E-state index contributed by atoms with van der Waals surface area (Å²) in [5.74, 6) is -0.0279. The molecule has 1 saturated heterocycles. The molecule has 2 heterocycles. The summed E-state index contributed by atoms with van der Waals surface area (Å²) in [5.41, 5.74) is 1.30. The maximum absolute atomic E-state index is 15.0. The van der Waals surface area contributed by atoms with Crippen LogP contribution in [0.15, 0.2) is 57.2 Å². The molecule has 4 rings (SSSR count). The molecule has 7 heteroatoms. The van der Waals surface area contributed by atoms with Gasteiger partial charge in [-0.25, -0.2) is 12.8 Å². The third kappa shape index (κ3) is 3.87. The van der Waals surface area contributed by atoms with Gasteiger partial charge in [0.25, 0.3) is 0 Å². The molecule has 5 nitrogen and oxygen atoms in total. The highest BCUT2D eigenvalue weighted by Gasteiger charge is 2.25. The molecule has 1 aliphatic rings. The van der Waals surface area contributed by atoms with Gasteiger partial charge in [-0.15, -0.1) is 0 Å². The Balaban J connectivity index is 1.85. The lowest BCUT2D eigenvalue weighted by Gasteiger charge is -2.33. The Morgan fingerprint density at radius 3 is 2.52 bits per heavy atom. The van der Waals surface area contributed by atoms with E-state index in [1.807, 2.05) is 11.8 Å². The number of fused-ring (bicyclic) bond motifs is 1. The van der Waals surface area contributed by atoms with Crippen molar-refractivity contribution in [1.29, 1.82) is 0 Å². The first-order chi connectivity index (χ1) is 14.7. The van der Waals surface area contributed by atoms with Gasteiger partial charge >= 0.3 is 0 Å². The lowest BCUT2D eigenvalue weighted by molar-refractivity contribution is 0.442. The zero-order valence-electron chi connectivity index (χ0n) is 18.1. The molecule has 3 aromatic rings. The Labute approximate surface area is 182 Å². The van der Waals surface area contributed by atoms with E-state index in [0.29, 0.717) is 17.1 Å². The number of aromatic nitrogens is 1. The van der Waals surface area contributed by atoms with Crippen molar-refractivity contribution in [3.63, 3.8) is 0 Å². The summed E-state index contributed by atoms with van der Waals surface area (Å²) < 4.78 is 43.0. The molecule has 0 amide bonds. The smallest absolute Gasteiger partial charge is 0.211 e. The maximum atomic E-state index is 15.0. The van der Waals surface area contributed by atoms with Crippen LogP contribution >= 0.6 is 0 Å². The molecule has 31 heavy (non-hydrogen) atoms. The third-order valence-corrected chi connectivity index (χ3v) is 7.92. The van der Waals surface area contributed by atoms with Crippen LogP contribution < -0.4 is 10.3 Å². The monoisotopic (exact) mass is 442 g/mol. The van der Waals surface area contributed by atoms with Crippen molar-refractivity contribution in [3.8, 4) is 0 Å². The molecule has 1 aromatic heterocycles. The van der Waals surface area contributed by atoms with Crippen molar-refractivity contribution in [1.82, 2.24) is 4.57 Å². The number of pyridine rings is 1. The first kappa shape index (κ1) is 21.6. The number of anilines is 1. The van der Waals surface area contributed by atoms with Crippen LogP contribution in [0, 0.1) is 11.7 Å². The topological polar surface area (TPSA) is 59.4 Å². The van der Waals surface area contributed by atoms with E-state index < -0.39 is 21.1 Å². The molecule has 164 valence electrons. The maximum Gasteiger partial charge on any atom is 0.211 e. The highest BCUT2D eigenvalue weighted by molar-refractivity contribution is 7.91. The van der Waals surface area contributed by atoms with Crippen LogP contribution in [0.1, 0.15) is 32.3 Å². The highest BCUT2D eigenvalue weighted by atomic mass is 32.2. The van der Waals surface area contributed by atoms with Gasteiger partial charge in [-0.3, -0.25) is 4.79 Å². The van der Waals surface area contributed by atoms with Gasteiger partial charge in [0.15, 0.2) is 0 Å². The van der Waals surface area contributed by atoms with E-state index in [2.05, 4.69) is 6.92 Å². The van der Waals surface area contributed by atoms with Gasteiger partial charge in [-0.05, 0) is 55.0 Å². The van der Waals surface area contributed by atoms with Crippen molar-refractivity contribution >= 4 is 26.4 Å². The van der Waals surface area contributed by atoms with Crippen molar-refractivity contribution < 1.29 is 12.8 Å². The zero-order chi connectivity index (χ0) is 22.3. The minimum absolute atomic E-state index is 0.0561. The molecule has 1 atom stereocenters. The lowest BCUT2D eigenvalue weighted by Crippen LogP contribution is -2.35. The molecule has 0 unspecified atom stereocenters. The number of benzene rings is 2. The zero-order valence-corrected chi connectivity index (χ0v) is 18.9. The minimum Gasteiger partial charge on any atom is -0.369 e. The summed E-state index contributed by atoms with van der Waals surface area (Å²) in [6.45, 7) is 5.65. The third-order valence-electron chi connectivity index (χ3n) is 6.15. The molecular formula is C24H27FN2O3S. The van der Waals surface area contributed by atoms with Crippen molar-refractivity contribution in [2.45, 2.75) is 42.9 Å². The molecule has 2 aromatic carbocycles. The van der Waals surface area contributed by atoms with Crippen LogP contribution in [0.4, 0.5) is 10.1 Å². The van der Waals surface area contributed by atoms with Gasteiger partial charge in [0.2, 0.25) is 15.3 Å². The Morgan fingerprint density at radius 1 is 1.16 bits per heavy atom. The molecule has 1 aliphatic heterocycles. The Bertz CT molecular complexity index is 1300. The summed E-state index contributed by atoms with van der Waals surface area (Å²) in [4.78, 5) is 14.9. The Kier molecular flexibility index (Phi) is 5.64. The fourth-order valence-corrected chi connectivity index (χ4v) is 5.73. The summed E-state index contributed by atoms with van der Waals surface area (Å²) in [5, 5.41) is 0.0695. The number of hydrogen-bond donors (Lipinski definition) is 0. The van der Waals surface area contributed by atoms with Gasteiger partial charge in [-0.1, -0.05) is 26.0 Å². The number of hydrogen-bond acceptors (Lipinski definition) is 4. The van der Waals surface area contributed by atoms with E-state index in [-0.39, 0.29) is 15.2 Å². The summed E-state index contributed by atoms with van der Waals surface area (Å²) in [7, 11) is -2.34. The van der Waals surface area contributed by atoms with Gasteiger partial charge < -0.3 is 9.47 Å². The summed E-state index contributed by atoms with van der Waals surface area (Å²) >= 11 is 0. The van der Waals surface area contributed by atoms with E-state index in [9.17, 15) is 13.2 Å². The number of sulfone groups is 1. The quantitative estimate of drug-likeness (QED) is 0.604. The molecule has 0 saturated carbocycles. The van der Waals surface area contributed by atoms with Gasteiger partial charge in [-0.2, -0.15) is 0 Å². The Hall–Kier alpha value is -2.67. The standard InChI is InChI=1S/C24H27FN2O3S/c1-4-17-7-9-18(10-8-17)31(29,30)23-15-26(3)21-13-22(20(25)12-19(21)24(23)28)27-11-5-6-16(2)14-27/h7-10,12-13,15-16H,4-6,11,14H2,1-3H3/t16-/m0/s1. The van der Waals surface area contributed by atoms with Gasteiger partial charge in [0, 0.05) is 26.3 Å². The molecule has 1 fully saturated rings. The van der Waals surface area contributed by atoms with Crippen LogP contribution in [0.2, 0.25) is 0 Å². The molecule has 0 radical (unpaired) electrons. The average molecular weight is 443 g/mol. The van der Waals surface area contributed by atoms with E-state index in [1.54, 1.807) is 29.8 Å². The second-order valence-electron chi connectivity index (χ2n) is 8.45. The van der Waals surface area contributed by atoms with Crippen LogP contribution in [-0.4, -0.2) is 26.1 Å². The van der Waals surface area contributed by atoms with Crippen LogP contribution in [0.3, 0.4) is 0 Å². The van der Waals surface area contributed by atoms with Gasteiger partial charge in [0.05, 0.1) is 21.5 Å². The van der Waals surface area contributed by atoms with Crippen LogP contribution in [0.5, 0.6) is 0 Å². The predicted octanol–water partition coefficient (Wildman–Crippen LogP) is 4.31. The normalized spacial score (nSPS) is 17.3. The molecule has 0 aliphatic carbocycles. The largest absolute Gasteiger partial charge is 0.369 e. The number of rotatable bonds is 4. The second-order valence-corrected chi connectivity index (χ2v) is 10.4. The lowest BCUT2D eigenvalue weighted by atomic mass is 9.99. The number of nitrogens with zero attached hydrogens (tertiary/aromatic N) is 2. The minimum atomic E-state index is -4.03. The van der Waals surface area contributed by atoms with Crippen molar-refractivity contribution in [3.05, 3.63) is 64.2 Å². The molecular weight excluding hydrogens is 415 g/mol. The van der Waals surface area contributed by atoms with E-state index >= 15 is 4.39 Å². The predicted molar refractivity (Wildman–Crippen MR) is 121 cm³/mol. The van der Waals surface area contributed by atoms with E-state index in [0.717, 1.165) is 37.9 Å². The summed E-state index contributed by atoms with van der Waals surface area (Å²) in [6, 6.07) is 9.36. The van der Waals surface area contributed by atoms with Crippen LogP contribution in [-0.2, 0) is 23.3 Å². The van der Waals surface area contributed by atoms with Crippen molar-refractivity contribution in [2.75, 3.05) is 18.0 Å². The number of aryl methyl sites for hydroxylation is 2. The fourth-order valence-electron chi connectivity index (χ4n) is 4.33. The first-order valence-electron chi connectivity index (χ1n) is 10.6. The first-order valence-corrected chi connectivity index (χ1v) is 12.1. The Morgan fingerprint density at radius 2 is 1.87 bits per heavy atom. The van der Waals surface area contributed by atoms with Crippen molar-refractivity contribution in [2.24, 2.45) is 13.0 Å². The van der Waals surface area contributed by atoms with Crippen LogP contribution in [0.25, 0.3) is 10.9 Å². The fraction of sp³-hybridized carbons (Fsp3) is 0.375. The van der Waals surface area contributed by atoms with Gasteiger partial charge in [0.1, 0.15) is 10.7 Å². The van der Waals surface area contributed by atoms with E-state index in [4.69, 9.17) is 0 Å². The SMILES string of the molecule is CCc1ccc(S(=O)(=O)c2cn(C)c3cc(N4CCC[C@H](C)C4)c(F)cc3c2=O)cc1. The second kappa shape index (κ2) is 8.11. The molecule has 0 spiro atoms.